The van der Waals surface area contributed by atoms with Gasteiger partial charge in [0.25, 0.3) is 0 Å². The fourth-order valence-electron chi connectivity index (χ4n) is 1.39. The highest BCUT2D eigenvalue weighted by atomic mass is 32.2. The number of amides is 1. The first-order valence-corrected chi connectivity index (χ1v) is 7.37. The van der Waals surface area contributed by atoms with Crippen molar-refractivity contribution in [3.63, 3.8) is 0 Å². The third-order valence-corrected chi connectivity index (χ3v) is 3.69. The molecule has 0 rings (SSSR count). The lowest BCUT2D eigenvalue weighted by Gasteiger charge is -2.25. The number of carbonyl (C=O) groups excluding carboxylic acids is 1. The summed E-state index contributed by atoms with van der Waals surface area (Å²) in [4.78, 5) is 13.7. The average molecular weight is 246 g/mol. The number of hydrogen-bond donors (Lipinski definition) is 1. The van der Waals surface area contributed by atoms with Gasteiger partial charge in [0.1, 0.15) is 0 Å². The minimum absolute atomic E-state index is 0.244. The molecule has 2 atom stereocenters. The lowest BCUT2D eigenvalue weighted by molar-refractivity contribution is -0.132. The molecular weight excluding hydrogens is 220 g/mol. The predicted octanol–water partition coefficient (Wildman–Crippen LogP) is 1.96. The molecule has 0 aliphatic heterocycles. The molecule has 0 aliphatic rings. The number of rotatable bonds is 8. The van der Waals surface area contributed by atoms with Gasteiger partial charge in [-0.15, -0.1) is 0 Å². The molecule has 1 amide bonds. The molecule has 96 valence electrons. The maximum Gasteiger partial charge on any atom is 0.222 e. The molecule has 0 radical (unpaired) electrons. The minimum atomic E-state index is 0.244. The van der Waals surface area contributed by atoms with Gasteiger partial charge in [-0.1, -0.05) is 6.92 Å². The van der Waals surface area contributed by atoms with E-state index in [0.29, 0.717) is 24.9 Å². The van der Waals surface area contributed by atoms with Crippen LogP contribution >= 0.6 is 11.8 Å². The standard InChI is InChI=1S/C12H26N2OS/c1-10(9-13)5-6-12(15)14(3)11(2)7-8-16-4/h10-11H,5-9,13H2,1-4H3. The molecule has 0 aromatic carbocycles. The zero-order valence-corrected chi connectivity index (χ0v) is 11.8. The van der Waals surface area contributed by atoms with Crippen molar-refractivity contribution < 1.29 is 4.79 Å². The molecule has 3 nitrogen and oxygen atoms in total. The third-order valence-electron chi connectivity index (χ3n) is 3.05. The Morgan fingerprint density at radius 1 is 1.38 bits per heavy atom. The van der Waals surface area contributed by atoms with Gasteiger partial charge in [0.2, 0.25) is 5.91 Å². The van der Waals surface area contributed by atoms with Crippen LogP contribution in [0.3, 0.4) is 0 Å². The Labute approximate surface area is 104 Å². The Kier molecular flexibility index (Phi) is 8.76. The summed E-state index contributed by atoms with van der Waals surface area (Å²) >= 11 is 1.83. The Morgan fingerprint density at radius 2 is 2.00 bits per heavy atom. The second kappa shape index (κ2) is 8.88. The summed E-state index contributed by atoms with van der Waals surface area (Å²) in [6.45, 7) is 4.87. The largest absolute Gasteiger partial charge is 0.343 e. The molecular formula is C12H26N2OS. The van der Waals surface area contributed by atoms with Crippen LogP contribution in [0.1, 0.15) is 33.1 Å². The molecule has 0 bridgehead atoms. The van der Waals surface area contributed by atoms with E-state index in [1.54, 1.807) is 0 Å². The topological polar surface area (TPSA) is 46.3 Å². The summed E-state index contributed by atoms with van der Waals surface area (Å²) < 4.78 is 0. The van der Waals surface area contributed by atoms with Crippen LogP contribution in [0, 0.1) is 5.92 Å². The molecule has 16 heavy (non-hydrogen) atoms. The Hall–Kier alpha value is -0.220. The van der Waals surface area contributed by atoms with Gasteiger partial charge in [-0.2, -0.15) is 11.8 Å². The van der Waals surface area contributed by atoms with Crippen LogP contribution < -0.4 is 5.73 Å². The van der Waals surface area contributed by atoms with Crippen LogP contribution in [0.2, 0.25) is 0 Å². The van der Waals surface area contributed by atoms with Crippen molar-refractivity contribution in [2.45, 2.75) is 39.2 Å². The van der Waals surface area contributed by atoms with Gasteiger partial charge >= 0.3 is 0 Å². The maximum atomic E-state index is 11.8. The van der Waals surface area contributed by atoms with Gasteiger partial charge in [-0.05, 0) is 44.2 Å². The van der Waals surface area contributed by atoms with Crippen molar-refractivity contribution in [3.8, 4) is 0 Å². The molecule has 2 N–H and O–H groups in total. The third kappa shape index (κ3) is 6.38. The molecule has 0 fully saturated rings. The quantitative estimate of drug-likeness (QED) is 0.712. The van der Waals surface area contributed by atoms with Crippen LogP contribution in [-0.2, 0) is 4.79 Å². The van der Waals surface area contributed by atoms with E-state index in [2.05, 4.69) is 20.1 Å². The first kappa shape index (κ1) is 15.8. The first-order valence-electron chi connectivity index (χ1n) is 5.97. The molecule has 4 heteroatoms. The fourth-order valence-corrected chi connectivity index (χ4v) is 1.97. The van der Waals surface area contributed by atoms with E-state index in [-0.39, 0.29) is 5.91 Å². The zero-order valence-electron chi connectivity index (χ0n) is 11.0. The lowest BCUT2D eigenvalue weighted by Crippen LogP contribution is -2.35. The highest BCUT2D eigenvalue weighted by molar-refractivity contribution is 7.98. The van der Waals surface area contributed by atoms with E-state index >= 15 is 0 Å². The zero-order chi connectivity index (χ0) is 12.6. The van der Waals surface area contributed by atoms with Gasteiger partial charge < -0.3 is 10.6 Å². The molecule has 0 heterocycles. The van der Waals surface area contributed by atoms with Crippen LogP contribution in [0.4, 0.5) is 0 Å². The predicted molar refractivity (Wildman–Crippen MR) is 72.7 cm³/mol. The van der Waals surface area contributed by atoms with Crippen molar-refractivity contribution in [2.75, 3.05) is 25.6 Å². The van der Waals surface area contributed by atoms with E-state index in [1.165, 1.54) is 0 Å². The van der Waals surface area contributed by atoms with Gasteiger partial charge in [0.15, 0.2) is 0 Å². The second-order valence-corrected chi connectivity index (χ2v) is 5.50. The highest BCUT2D eigenvalue weighted by Gasteiger charge is 2.15. The van der Waals surface area contributed by atoms with E-state index in [9.17, 15) is 4.79 Å². The van der Waals surface area contributed by atoms with Gasteiger partial charge in [0, 0.05) is 19.5 Å². The number of carbonyl (C=O) groups is 1. The number of thioether (sulfide) groups is 1. The Balaban J connectivity index is 3.88. The first-order chi connectivity index (χ1) is 7.52. The van der Waals surface area contributed by atoms with Crippen molar-refractivity contribution in [1.82, 2.24) is 4.90 Å². The van der Waals surface area contributed by atoms with E-state index < -0.39 is 0 Å². The summed E-state index contributed by atoms with van der Waals surface area (Å²) in [7, 11) is 1.90. The van der Waals surface area contributed by atoms with Crippen LogP contribution in [0.15, 0.2) is 0 Å². The van der Waals surface area contributed by atoms with Gasteiger partial charge in [-0.3, -0.25) is 4.79 Å². The van der Waals surface area contributed by atoms with Crippen LogP contribution in [-0.4, -0.2) is 42.4 Å². The Morgan fingerprint density at radius 3 is 2.50 bits per heavy atom. The molecule has 0 saturated heterocycles. The van der Waals surface area contributed by atoms with Crippen molar-refractivity contribution in [2.24, 2.45) is 11.7 Å². The van der Waals surface area contributed by atoms with Crippen molar-refractivity contribution in [3.05, 3.63) is 0 Å². The molecule has 0 aromatic heterocycles. The van der Waals surface area contributed by atoms with E-state index in [1.807, 2.05) is 23.7 Å². The number of nitrogens with two attached hydrogens (primary N) is 1. The summed E-state index contributed by atoms with van der Waals surface area (Å²) in [5, 5.41) is 0. The van der Waals surface area contributed by atoms with Crippen molar-refractivity contribution >= 4 is 17.7 Å². The summed E-state index contributed by atoms with van der Waals surface area (Å²) in [5.41, 5.74) is 5.53. The fraction of sp³-hybridized carbons (Fsp3) is 0.917. The second-order valence-electron chi connectivity index (χ2n) is 4.51. The minimum Gasteiger partial charge on any atom is -0.343 e. The van der Waals surface area contributed by atoms with E-state index in [0.717, 1.165) is 18.6 Å². The normalized spacial score (nSPS) is 14.6. The molecule has 0 spiro atoms. The average Bonchev–Trinajstić information content (AvgIpc) is 2.31. The SMILES string of the molecule is CSCCC(C)N(C)C(=O)CCC(C)CN. The van der Waals surface area contributed by atoms with E-state index in [4.69, 9.17) is 5.73 Å². The summed E-state index contributed by atoms with van der Waals surface area (Å²) in [5.74, 6) is 1.80. The highest BCUT2D eigenvalue weighted by Crippen LogP contribution is 2.10. The number of nitrogens with zero attached hydrogens (tertiary/aromatic N) is 1. The van der Waals surface area contributed by atoms with Gasteiger partial charge in [0.05, 0.1) is 0 Å². The molecule has 2 unspecified atom stereocenters. The molecule has 0 aliphatic carbocycles. The maximum absolute atomic E-state index is 11.8. The molecule has 0 aromatic rings. The van der Waals surface area contributed by atoms with Crippen molar-refractivity contribution in [1.29, 1.82) is 0 Å². The number of hydrogen-bond acceptors (Lipinski definition) is 3. The summed E-state index contributed by atoms with van der Waals surface area (Å²) in [6, 6.07) is 0.341. The Bertz CT molecular complexity index is 199. The van der Waals surface area contributed by atoms with Crippen LogP contribution in [0.25, 0.3) is 0 Å². The monoisotopic (exact) mass is 246 g/mol. The summed E-state index contributed by atoms with van der Waals surface area (Å²) in [6.07, 6.45) is 4.68. The molecule has 0 saturated carbocycles. The van der Waals surface area contributed by atoms with Gasteiger partial charge in [-0.25, -0.2) is 0 Å². The lowest BCUT2D eigenvalue weighted by atomic mass is 10.1. The smallest absolute Gasteiger partial charge is 0.222 e. The van der Waals surface area contributed by atoms with Crippen LogP contribution in [0.5, 0.6) is 0 Å².